The third-order valence-electron chi connectivity index (χ3n) is 1.27. The van der Waals surface area contributed by atoms with Gasteiger partial charge in [0.2, 0.25) is 0 Å². The fourth-order valence-corrected chi connectivity index (χ4v) is 0.721. The summed E-state index contributed by atoms with van der Waals surface area (Å²) in [4.78, 5) is 13.9. The Balaban J connectivity index is 2.49. The van der Waals surface area contributed by atoms with Crippen LogP contribution >= 0.6 is 0 Å². The van der Waals surface area contributed by atoms with Gasteiger partial charge in [0.15, 0.2) is 0 Å². The van der Waals surface area contributed by atoms with Crippen LogP contribution < -0.4 is 0 Å². The lowest BCUT2D eigenvalue weighted by Crippen LogP contribution is -1.78. The number of pyridine rings is 1. The van der Waals surface area contributed by atoms with E-state index in [1.54, 1.807) is 6.20 Å². The molecule has 2 heteroatoms. The van der Waals surface area contributed by atoms with E-state index in [1.807, 2.05) is 18.2 Å². The van der Waals surface area contributed by atoms with Crippen LogP contribution in [0.1, 0.15) is 18.5 Å². The number of nitrogens with zero attached hydrogens (tertiary/aromatic N) is 1. The van der Waals surface area contributed by atoms with Crippen molar-refractivity contribution in [2.45, 2.75) is 12.8 Å². The molecule has 0 radical (unpaired) electrons. The van der Waals surface area contributed by atoms with Crippen molar-refractivity contribution < 1.29 is 4.79 Å². The lowest BCUT2D eigenvalue weighted by Gasteiger charge is -1.84. The van der Waals surface area contributed by atoms with Gasteiger partial charge in [-0.1, -0.05) is 12.0 Å². The Kier molecular flexibility index (Phi) is 3.59. The minimum absolute atomic E-state index is 0.500. The molecule has 1 aromatic rings. The minimum atomic E-state index is 0.500. The molecular formula is C10H9NO. The van der Waals surface area contributed by atoms with Crippen molar-refractivity contribution in [2.75, 3.05) is 0 Å². The lowest BCUT2D eigenvalue weighted by molar-refractivity contribution is -0.107. The fourth-order valence-electron chi connectivity index (χ4n) is 0.721. The molecule has 0 bridgehead atoms. The summed E-state index contributed by atoms with van der Waals surface area (Å²) in [6.45, 7) is 0. The molecule has 0 N–H and O–H groups in total. The van der Waals surface area contributed by atoms with Crippen LogP contribution in [0.25, 0.3) is 0 Å². The zero-order valence-electron chi connectivity index (χ0n) is 6.66. The van der Waals surface area contributed by atoms with Crippen LogP contribution in [-0.2, 0) is 4.79 Å². The second kappa shape index (κ2) is 5.09. The number of carbonyl (C=O) groups is 1. The Morgan fingerprint density at radius 2 is 2.42 bits per heavy atom. The average molecular weight is 159 g/mol. The third-order valence-corrected chi connectivity index (χ3v) is 1.27. The van der Waals surface area contributed by atoms with Crippen LogP contribution in [0.4, 0.5) is 0 Å². The predicted octanol–water partition coefficient (Wildman–Crippen LogP) is 1.41. The molecule has 1 heterocycles. The molecule has 0 aliphatic rings. The van der Waals surface area contributed by atoms with Crippen molar-refractivity contribution in [2.24, 2.45) is 0 Å². The summed E-state index contributed by atoms with van der Waals surface area (Å²) in [6, 6.07) is 5.57. The highest BCUT2D eigenvalue weighted by atomic mass is 16.1. The Morgan fingerprint density at radius 3 is 3.08 bits per heavy atom. The van der Waals surface area contributed by atoms with Gasteiger partial charge >= 0.3 is 0 Å². The Morgan fingerprint density at radius 1 is 1.50 bits per heavy atom. The van der Waals surface area contributed by atoms with Gasteiger partial charge < -0.3 is 4.79 Å². The summed E-state index contributed by atoms with van der Waals surface area (Å²) in [5.41, 5.74) is 0.753. The lowest BCUT2D eigenvalue weighted by atomic mass is 10.3. The molecule has 0 saturated heterocycles. The van der Waals surface area contributed by atoms with Crippen molar-refractivity contribution >= 4 is 6.29 Å². The number of unbranched alkanes of at least 4 members (excludes halogenated alkanes) is 1. The molecule has 0 saturated carbocycles. The van der Waals surface area contributed by atoms with Crippen LogP contribution in [0.15, 0.2) is 24.4 Å². The summed E-state index contributed by atoms with van der Waals surface area (Å²) < 4.78 is 0. The summed E-state index contributed by atoms with van der Waals surface area (Å²) in [5.74, 6) is 5.72. The predicted molar refractivity (Wildman–Crippen MR) is 46.4 cm³/mol. The molecule has 0 atom stereocenters. The molecule has 1 rings (SSSR count). The standard InChI is InChI=1S/C10H9NO/c12-9-5-1-2-6-10-7-3-4-8-11-10/h3-4,7-9H,1,5H2. The average Bonchev–Trinajstić information content (AvgIpc) is 2.14. The largest absolute Gasteiger partial charge is 0.303 e. The highest BCUT2D eigenvalue weighted by Gasteiger charge is 1.82. The molecule has 0 spiro atoms. The van der Waals surface area contributed by atoms with E-state index >= 15 is 0 Å². The summed E-state index contributed by atoms with van der Waals surface area (Å²) >= 11 is 0. The van der Waals surface area contributed by atoms with E-state index in [2.05, 4.69) is 16.8 Å². The molecule has 0 aliphatic heterocycles. The van der Waals surface area contributed by atoms with E-state index in [-0.39, 0.29) is 0 Å². The van der Waals surface area contributed by atoms with Gasteiger partial charge in [-0.3, -0.25) is 0 Å². The van der Waals surface area contributed by atoms with Gasteiger partial charge in [-0.05, 0) is 18.1 Å². The Bertz CT molecular complexity index is 295. The topological polar surface area (TPSA) is 30.0 Å². The van der Waals surface area contributed by atoms with Crippen molar-refractivity contribution in [3.8, 4) is 11.8 Å². The van der Waals surface area contributed by atoms with Gasteiger partial charge in [0, 0.05) is 19.0 Å². The number of aromatic nitrogens is 1. The summed E-state index contributed by atoms with van der Waals surface area (Å²) in [6.07, 6.45) is 3.68. The van der Waals surface area contributed by atoms with Crippen molar-refractivity contribution in [3.05, 3.63) is 30.1 Å². The minimum Gasteiger partial charge on any atom is -0.303 e. The zero-order valence-corrected chi connectivity index (χ0v) is 6.66. The highest BCUT2D eigenvalue weighted by molar-refractivity contribution is 5.49. The molecule has 0 unspecified atom stereocenters. The normalized spacial score (nSPS) is 8.33. The first-order chi connectivity index (χ1) is 5.93. The number of hydrogen-bond donors (Lipinski definition) is 0. The van der Waals surface area contributed by atoms with E-state index in [9.17, 15) is 4.79 Å². The molecule has 0 aromatic carbocycles. The Hall–Kier alpha value is -1.62. The number of rotatable bonds is 2. The maximum atomic E-state index is 9.93. The van der Waals surface area contributed by atoms with Crippen LogP contribution in [0.3, 0.4) is 0 Å². The van der Waals surface area contributed by atoms with E-state index < -0.39 is 0 Å². The Labute approximate surface area is 71.6 Å². The van der Waals surface area contributed by atoms with Gasteiger partial charge in [-0.25, -0.2) is 4.98 Å². The highest BCUT2D eigenvalue weighted by Crippen LogP contribution is 1.90. The SMILES string of the molecule is O=CCCC#Cc1ccccn1. The van der Waals surface area contributed by atoms with Gasteiger partial charge in [0.25, 0.3) is 0 Å². The zero-order chi connectivity index (χ0) is 8.65. The molecule has 0 aliphatic carbocycles. The van der Waals surface area contributed by atoms with Gasteiger partial charge in [0.05, 0.1) is 0 Å². The molecule has 1 aromatic heterocycles. The summed E-state index contributed by atoms with van der Waals surface area (Å²) in [5, 5.41) is 0. The number of aldehydes is 1. The van der Waals surface area contributed by atoms with Crippen LogP contribution in [0.2, 0.25) is 0 Å². The first-order valence-electron chi connectivity index (χ1n) is 3.77. The third kappa shape index (κ3) is 2.98. The van der Waals surface area contributed by atoms with Crippen LogP contribution in [0, 0.1) is 11.8 Å². The maximum Gasteiger partial charge on any atom is 0.120 e. The van der Waals surface area contributed by atoms with Crippen molar-refractivity contribution in [1.29, 1.82) is 0 Å². The quantitative estimate of drug-likeness (QED) is 0.371. The van der Waals surface area contributed by atoms with E-state index in [4.69, 9.17) is 0 Å². The fraction of sp³-hybridized carbons (Fsp3) is 0.200. The van der Waals surface area contributed by atoms with Gasteiger partial charge in [0.1, 0.15) is 12.0 Å². The molecule has 0 amide bonds. The first-order valence-corrected chi connectivity index (χ1v) is 3.77. The van der Waals surface area contributed by atoms with Crippen LogP contribution in [-0.4, -0.2) is 11.3 Å². The first kappa shape index (κ1) is 8.48. The van der Waals surface area contributed by atoms with Gasteiger partial charge in [-0.15, -0.1) is 0 Å². The summed E-state index contributed by atoms with van der Waals surface area (Å²) in [7, 11) is 0. The van der Waals surface area contributed by atoms with E-state index in [1.165, 1.54) is 0 Å². The van der Waals surface area contributed by atoms with Crippen molar-refractivity contribution in [1.82, 2.24) is 4.98 Å². The molecular weight excluding hydrogens is 150 g/mol. The number of hydrogen-bond acceptors (Lipinski definition) is 2. The smallest absolute Gasteiger partial charge is 0.120 e. The molecule has 0 fully saturated rings. The maximum absolute atomic E-state index is 9.93. The monoisotopic (exact) mass is 159 g/mol. The van der Waals surface area contributed by atoms with E-state index in [0.717, 1.165) is 12.0 Å². The molecule has 12 heavy (non-hydrogen) atoms. The molecule has 60 valence electrons. The van der Waals surface area contributed by atoms with Crippen LogP contribution in [0.5, 0.6) is 0 Å². The van der Waals surface area contributed by atoms with E-state index in [0.29, 0.717) is 12.8 Å². The number of carbonyl (C=O) groups excluding carboxylic acids is 1. The van der Waals surface area contributed by atoms with Crippen molar-refractivity contribution in [3.63, 3.8) is 0 Å². The molecule has 2 nitrogen and oxygen atoms in total. The second-order valence-electron chi connectivity index (χ2n) is 2.22. The second-order valence-corrected chi connectivity index (χ2v) is 2.22. The van der Waals surface area contributed by atoms with Gasteiger partial charge in [-0.2, -0.15) is 0 Å².